The second-order valence-electron chi connectivity index (χ2n) is 41.9. The molecule has 0 aliphatic carbocycles. The third kappa shape index (κ3) is 23.0. The van der Waals surface area contributed by atoms with Gasteiger partial charge in [0, 0.05) is 115 Å². The molecular formula is C119H152N28. The molecule has 6 saturated heterocycles. The van der Waals surface area contributed by atoms with Crippen LogP contribution in [0, 0.1) is 34.6 Å². The standard InChI is InChI=1S/C24H32N6.2C24H28N6.C24H33N5.C23H31N5/c1-17-7-6-12-25-22(17)19-9-5-11-21(29(19)3)24-26-18-8-4-10-20(23(18)27-24)30-15-13-28(2)14-16-30;1-18-8-6-13-25-23(18)21-11-5-12-22(28(21)2)24-27-19-9-3-4-10-20(19)30(24)17-16-29-15-7-14-26-29;1-18-7-6-12-26-23(18)21-10-5-11-22(28(21)2)24-27-19-8-3-4-9-20(19)30(24)16-15-29-14-13-25-17-29;1-18-10-8-15-25-23(18)21-13-7-14-22(28(21)4)24-26-19-11-5-6-12-20(19)29(24)17-9-16-27(2)3;1-17-9-8-15-25-22(17)20-12-7-13-21(27(20)2)23-26-18-10-3-4-11-19(18)28(23)16-6-5-14-24/h4,6-8,10,12,19,21H,5,9,11,13-16H2,1-3H3,(H,26,27);3-4,6-10,13-15,21-22H,5,11-12,16-17H2,1-2H3;3-4,6-9,12-14,17,21-22H,5,10-11,15-16H2,1-2H3;5-6,8,10-12,15,21-22H,7,9,13-14,16-17H2,1-4H3;3-4,8-11,15,20-21H,5-7,12-14,16,24H2,1-2H3/t19-,21+;3*21-,22+;20-,21+/m10000/s1. The second kappa shape index (κ2) is 47.9. The van der Waals surface area contributed by atoms with E-state index in [0.29, 0.717) is 42.3 Å². The molecule has 3 N–H and O–H groups in total. The number of pyridine rings is 5. The van der Waals surface area contributed by atoms with Crippen molar-refractivity contribution in [3.05, 3.63) is 329 Å². The normalized spacial score (nSPS) is 21.1. The number of piperidine rings is 5. The Morgan fingerprint density at radius 1 is 0.333 bits per heavy atom. The predicted octanol–water partition coefficient (Wildman–Crippen LogP) is 22.0. The van der Waals surface area contributed by atoms with Crippen LogP contribution in [0.1, 0.15) is 261 Å². The van der Waals surface area contributed by atoms with Crippen LogP contribution in [-0.4, -0.2) is 222 Å². The number of aromatic amines is 1. The molecule has 6 fully saturated rings. The lowest BCUT2D eigenvalue weighted by Crippen LogP contribution is -2.44. The molecule has 0 spiro atoms. The summed E-state index contributed by atoms with van der Waals surface area (Å²) in [7, 11) is 17.7. The Kier molecular flexibility index (Phi) is 33.5. The van der Waals surface area contributed by atoms with Gasteiger partial charge in [-0.3, -0.25) is 54.1 Å². The topological polar surface area (TPSA) is 252 Å². The summed E-state index contributed by atoms with van der Waals surface area (Å²) < 4.78 is 13.8. The van der Waals surface area contributed by atoms with Crippen molar-refractivity contribution in [3.63, 3.8) is 0 Å². The molecule has 768 valence electrons. The molecule has 147 heavy (non-hydrogen) atoms. The molecule has 28 nitrogen and oxygen atoms in total. The van der Waals surface area contributed by atoms with Gasteiger partial charge < -0.3 is 48.3 Å². The van der Waals surface area contributed by atoms with E-state index in [4.69, 9.17) is 55.6 Å². The van der Waals surface area contributed by atoms with E-state index in [0.717, 1.165) is 213 Å². The van der Waals surface area contributed by atoms with Crippen LogP contribution >= 0.6 is 0 Å². The fourth-order valence-corrected chi connectivity index (χ4v) is 24.2. The molecule has 28 heteroatoms. The highest BCUT2D eigenvalue weighted by Gasteiger charge is 2.41. The summed E-state index contributed by atoms with van der Waals surface area (Å²) >= 11 is 0. The number of para-hydroxylation sites is 9. The number of benzene rings is 5. The quantitative estimate of drug-likeness (QED) is 0.0504. The lowest BCUT2D eigenvalue weighted by molar-refractivity contribution is 0.103. The molecule has 0 radical (unpaired) electrons. The van der Waals surface area contributed by atoms with Gasteiger partial charge in [0.05, 0.1) is 157 Å². The van der Waals surface area contributed by atoms with Crippen LogP contribution in [0.15, 0.2) is 244 Å². The molecule has 0 unspecified atom stereocenters. The third-order valence-corrected chi connectivity index (χ3v) is 32.2. The van der Waals surface area contributed by atoms with Crippen LogP contribution in [0.25, 0.3) is 55.2 Å². The van der Waals surface area contributed by atoms with Crippen LogP contribution in [0.4, 0.5) is 5.69 Å². The fourth-order valence-electron chi connectivity index (χ4n) is 24.2. The van der Waals surface area contributed by atoms with E-state index in [-0.39, 0.29) is 18.1 Å². The number of likely N-dealkylation sites (N-methyl/N-ethyl adjacent to an activating group) is 1. The zero-order chi connectivity index (χ0) is 102. The van der Waals surface area contributed by atoms with E-state index in [1.54, 1.807) is 0 Å². The number of nitrogens with zero attached hydrogens (tertiary/aromatic N) is 26. The number of unbranched alkanes of at least 4 members (excludes halogenated alkanes) is 1. The minimum atomic E-state index is 0.273. The monoisotopic (exact) mass is 1970 g/mol. The number of likely N-dealkylation sites (tertiary alicyclic amines) is 5. The molecule has 0 amide bonds. The number of aromatic nitrogens is 19. The van der Waals surface area contributed by atoms with Crippen molar-refractivity contribution in [1.82, 2.24) is 127 Å². The maximum atomic E-state index is 5.74. The summed E-state index contributed by atoms with van der Waals surface area (Å²) in [6, 6.07) is 66.7. The molecule has 23 rings (SSSR count). The molecule has 5 aromatic carbocycles. The first-order chi connectivity index (χ1) is 71.8. The maximum absolute atomic E-state index is 5.74. The van der Waals surface area contributed by atoms with Crippen LogP contribution in [0.3, 0.4) is 0 Å². The highest BCUT2D eigenvalue weighted by atomic mass is 15.3. The third-order valence-electron chi connectivity index (χ3n) is 32.2. The van der Waals surface area contributed by atoms with Crippen molar-refractivity contribution in [2.24, 2.45) is 5.73 Å². The van der Waals surface area contributed by atoms with E-state index < -0.39 is 0 Å². The zero-order valence-corrected chi connectivity index (χ0v) is 88.8. The number of H-pyrrole nitrogens is 1. The Bertz CT molecular complexity index is 6940. The smallest absolute Gasteiger partial charge is 0.127 e. The summed E-state index contributed by atoms with van der Waals surface area (Å²) in [4.78, 5) is 76.7. The number of piperazine rings is 1. The molecule has 0 bridgehead atoms. The van der Waals surface area contributed by atoms with Crippen molar-refractivity contribution in [3.8, 4) is 0 Å². The first kappa shape index (κ1) is 103. The lowest BCUT2D eigenvalue weighted by Gasteiger charge is -2.39. The van der Waals surface area contributed by atoms with Crippen LogP contribution < -0.4 is 10.6 Å². The lowest BCUT2D eigenvalue weighted by atomic mass is 9.92. The second-order valence-corrected chi connectivity index (χ2v) is 41.9. The number of nitrogens with two attached hydrogens (primary N) is 1. The van der Waals surface area contributed by atoms with E-state index in [2.05, 4.69) is 314 Å². The predicted molar refractivity (Wildman–Crippen MR) is 591 cm³/mol. The van der Waals surface area contributed by atoms with Gasteiger partial charge in [0.15, 0.2) is 0 Å². The van der Waals surface area contributed by atoms with Gasteiger partial charge in [0.25, 0.3) is 0 Å². The summed E-state index contributed by atoms with van der Waals surface area (Å²) in [5.41, 5.74) is 30.9. The summed E-state index contributed by atoms with van der Waals surface area (Å²) in [5, 5.41) is 4.38. The van der Waals surface area contributed by atoms with Gasteiger partial charge in [-0.25, -0.2) is 29.9 Å². The molecule has 18 heterocycles. The first-order valence-corrected chi connectivity index (χ1v) is 54.0. The Morgan fingerprint density at radius 2 is 0.694 bits per heavy atom. The number of imidazole rings is 6. The van der Waals surface area contributed by atoms with Gasteiger partial charge in [-0.2, -0.15) is 5.10 Å². The summed E-state index contributed by atoms with van der Waals surface area (Å²) in [6.45, 7) is 22.4. The van der Waals surface area contributed by atoms with Gasteiger partial charge >= 0.3 is 0 Å². The Morgan fingerprint density at radius 3 is 1.05 bits per heavy atom. The van der Waals surface area contributed by atoms with Crippen molar-refractivity contribution in [2.75, 3.05) is 101 Å². The average Bonchev–Trinajstić information content (AvgIpc) is 1.65. The average molecular weight is 1970 g/mol. The number of rotatable bonds is 25. The summed E-state index contributed by atoms with van der Waals surface area (Å²) in [5.74, 6) is 5.82. The number of anilines is 1. The number of fused-ring (bicyclic) bond motifs is 5. The minimum absolute atomic E-state index is 0.273. The van der Waals surface area contributed by atoms with E-state index >= 15 is 0 Å². The highest BCUT2D eigenvalue weighted by molar-refractivity contribution is 5.89. The van der Waals surface area contributed by atoms with Gasteiger partial charge in [-0.1, -0.05) is 84.9 Å². The molecule has 17 aromatic rings. The Labute approximate surface area is 868 Å². The van der Waals surface area contributed by atoms with E-state index in [9.17, 15) is 0 Å². The molecule has 10 atom stereocenters. The molecular weight excluding hydrogens is 1820 g/mol. The fraction of sp³-hybridized carbons (Fsp3) is 0.445. The first-order valence-electron chi connectivity index (χ1n) is 54.0. The van der Waals surface area contributed by atoms with E-state index in [1.807, 2.05) is 103 Å². The Hall–Kier alpha value is -12.9. The Balaban J connectivity index is 0.000000116. The molecule has 0 saturated carbocycles. The van der Waals surface area contributed by atoms with Crippen LogP contribution in [0.2, 0.25) is 0 Å². The van der Waals surface area contributed by atoms with Crippen LogP contribution in [0.5, 0.6) is 0 Å². The zero-order valence-electron chi connectivity index (χ0n) is 88.8. The number of hydrogen-bond acceptors (Lipinski definition) is 21. The van der Waals surface area contributed by atoms with Gasteiger partial charge in [0.1, 0.15) is 34.6 Å². The van der Waals surface area contributed by atoms with Gasteiger partial charge in [0.2, 0.25) is 0 Å². The number of nitrogens with one attached hydrogen (secondary N) is 1. The molecule has 6 aliphatic rings. The SMILES string of the molecule is Cc1cccnc1[C@@H]1CCC[C@H](c2nc3ccccc3n2CCCCN)N1C.Cc1cccnc1[C@@H]1CCC[C@H](c2nc3ccccc3n2CCCN(C)C)N1C.Cc1cccnc1[C@@H]1CCC[C@H](c2nc3ccccc3n2CCn2cccn2)N1C.Cc1cccnc1[C@@H]1CCC[C@H](c2nc3ccccc3n2CCn2ccnc2)N1C.Cc1cccnc1[C@H]1CCC[C@@H](c2nc3c(N4CCN(C)CC4)cccc3[nH]2)N1C. The van der Waals surface area contributed by atoms with Crippen LogP contribution in [-0.2, 0) is 39.3 Å². The molecule has 12 aromatic heterocycles. The largest absolute Gasteiger partial charge is 0.367 e. The molecule has 6 aliphatic heterocycles. The maximum Gasteiger partial charge on any atom is 0.127 e. The summed E-state index contributed by atoms with van der Waals surface area (Å²) in [6.07, 6.45) is 39.8. The van der Waals surface area contributed by atoms with Gasteiger partial charge in [-0.05, 0) is 345 Å². The highest BCUT2D eigenvalue weighted by Crippen LogP contribution is 2.48. The van der Waals surface area contributed by atoms with Crippen molar-refractivity contribution in [1.29, 1.82) is 0 Å². The van der Waals surface area contributed by atoms with E-state index in [1.165, 1.54) is 128 Å². The minimum Gasteiger partial charge on any atom is -0.367 e. The van der Waals surface area contributed by atoms with Crippen molar-refractivity contribution >= 4 is 60.9 Å². The number of aryl methyl sites for hydroxylation is 11. The van der Waals surface area contributed by atoms with Crippen molar-refractivity contribution < 1.29 is 0 Å². The van der Waals surface area contributed by atoms with Gasteiger partial charge in [-0.15, -0.1) is 0 Å². The number of hydrogen-bond donors (Lipinski definition) is 2. The van der Waals surface area contributed by atoms with Crippen molar-refractivity contribution in [2.45, 2.75) is 250 Å².